The maximum atomic E-state index is 12.1. The Morgan fingerprint density at radius 1 is 1.19 bits per heavy atom. The first-order valence-corrected chi connectivity index (χ1v) is 8.35. The number of carbonyl (C=O) groups excluding carboxylic acids is 2. The first-order valence-electron chi connectivity index (χ1n) is 7.97. The van der Waals surface area contributed by atoms with Gasteiger partial charge in [0.2, 0.25) is 0 Å². The van der Waals surface area contributed by atoms with Gasteiger partial charge in [-0.15, -0.1) is 0 Å². The highest BCUT2D eigenvalue weighted by atomic mass is 35.5. The van der Waals surface area contributed by atoms with Crippen LogP contribution in [0.15, 0.2) is 48.5 Å². The van der Waals surface area contributed by atoms with E-state index in [1.807, 2.05) is 0 Å². The van der Waals surface area contributed by atoms with Crippen LogP contribution in [-0.2, 0) is 9.53 Å². The zero-order valence-electron chi connectivity index (χ0n) is 14.4. The largest absolute Gasteiger partial charge is 0.490 e. The smallest absolute Gasteiger partial charge is 0.328 e. The van der Waals surface area contributed by atoms with E-state index in [1.54, 1.807) is 24.3 Å². The Labute approximate surface area is 160 Å². The zero-order valence-corrected chi connectivity index (χ0v) is 15.1. The van der Waals surface area contributed by atoms with Gasteiger partial charge in [0, 0.05) is 22.7 Å². The molecule has 9 heteroatoms. The molecule has 27 heavy (non-hydrogen) atoms. The highest BCUT2D eigenvalue weighted by Gasteiger charge is 2.19. The SMILES string of the molecule is C[C@H](NC(=O)c1cccc([N+](=O)[O-])c1)C(=O)OCCOc1ccc(Cl)cc1. The van der Waals surface area contributed by atoms with Gasteiger partial charge in [-0.25, -0.2) is 4.79 Å². The van der Waals surface area contributed by atoms with Gasteiger partial charge < -0.3 is 14.8 Å². The van der Waals surface area contributed by atoms with Crippen molar-refractivity contribution < 1.29 is 24.0 Å². The number of nitro benzene ring substituents is 1. The molecule has 0 fully saturated rings. The second kappa shape index (κ2) is 9.54. The minimum atomic E-state index is -0.924. The van der Waals surface area contributed by atoms with Crippen molar-refractivity contribution in [2.24, 2.45) is 0 Å². The summed E-state index contributed by atoms with van der Waals surface area (Å²) in [6.07, 6.45) is 0. The van der Waals surface area contributed by atoms with E-state index in [9.17, 15) is 19.7 Å². The molecule has 0 aliphatic rings. The standard InChI is InChI=1S/C18H17ClN2O6/c1-12(20-17(22)13-3-2-4-15(11-13)21(24)25)18(23)27-10-9-26-16-7-5-14(19)6-8-16/h2-8,11-12H,9-10H2,1H3,(H,20,22)/t12-/m0/s1. The number of nitrogens with zero attached hydrogens (tertiary/aromatic N) is 1. The predicted molar refractivity (Wildman–Crippen MR) is 97.9 cm³/mol. The molecule has 2 aromatic carbocycles. The Balaban J connectivity index is 1.77. The number of rotatable bonds is 8. The first-order chi connectivity index (χ1) is 12.9. The fourth-order valence-corrected chi connectivity index (χ4v) is 2.18. The highest BCUT2D eigenvalue weighted by Crippen LogP contribution is 2.15. The van der Waals surface area contributed by atoms with E-state index in [-0.39, 0.29) is 24.5 Å². The third-order valence-electron chi connectivity index (χ3n) is 3.43. The number of hydrogen-bond acceptors (Lipinski definition) is 6. The molecule has 142 valence electrons. The Kier molecular flexibility index (Phi) is 7.13. The van der Waals surface area contributed by atoms with Gasteiger partial charge in [0.05, 0.1) is 4.92 Å². The number of benzene rings is 2. The summed E-state index contributed by atoms with van der Waals surface area (Å²) in [5.41, 5.74) is -0.132. The third kappa shape index (κ3) is 6.27. The summed E-state index contributed by atoms with van der Waals surface area (Å²) >= 11 is 5.77. The van der Waals surface area contributed by atoms with Crippen molar-refractivity contribution in [2.75, 3.05) is 13.2 Å². The van der Waals surface area contributed by atoms with E-state index < -0.39 is 22.8 Å². The highest BCUT2D eigenvalue weighted by molar-refractivity contribution is 6.30. The zero-order chi connectivity index (χ0) is 19.8. The molecule has 2 rings (SSSR count). The van der Waals surface area contributed by atoms with Crippen molar-refractivity contribution in [1.29, 1.82) is 0 Å². The minimum Gasteiger partial charge on any atom is -0.490 e. The summed E-state index contributed by atoms with van der Waals surface area (Å²) < 4.78 is 10.4. The molecule has 1 N–H and O–H groups in total. The molecule has 1 amide bonds. The number of amides is 1. The molecule has 2 aromatic rings. The van der Waals surface area contributed by atoms with Crippen LogP contribution in [0.1, 0.15) is 17.3 Å². The first kappa shape index (κ1) is 20.2. The van der Waals surface area contributed by atoms with E-state index in [4.69, 9.17) is 21.1 Å². The maximum Gasteiger partial charge on any atom is 0.328 e. The number of nitro groups is 1. The number of non-ortho nitro benzene ring substituents is 1. The number of esters is 1. The van der Waals surface area contributed by atoms with Crippen LogP contribution >= 0.6 is 11.6 Å². The molecule has 0 saturated heterocycles. The number of nitrogens with one attached hydrogen (secondary N) is 1. The van der Waals surface area contributed by atoms with Gasteiger partial charge in [-0.1, -0.05) is 17.7 Å². The Bertz CT molecular complexity index is 825. The van der Waals surface area contributed by atoms with Gasteiger partial charge in [0.1, 0.15) is 25.0 Å². The average molecular weight is 393 g/mol. The number of ether oxygens (including phenoxy) is 2. The second-order valence-corrected chi connectivity index (χ2v) is 5.91. The number of halogens is 1. The van der Waals surface area contributed by atoms with Crippen molar-refractivity contribution in [2.45, 2.75) is 13.0 Å². The molecule has 1 atom stereocenters. The Hall–Kier alpha value is -3.13. The summed E-state index contributed by atoms with van der Waals surface area (Å²) in [6.45, 7) is 1.59. The van der Waals surface area contributed by atoms with Crippen LogP contribution in [0.2, 0.25) is 5.02 Å². The lowest BCUT2D eigenvalue weighted by atomic mass is 10.2. The van der Waals surface area contributed by atoms with Crippen LogP contribution in [0.5, 0.6) is 5.75 Å². The van der Waals surface area contributed by atoms with Crippen molar-refractivity contribution >= 4 is 29.2 Å². The van der Waals surface area contributed by atoms with E-state index in [0.717, 1.165) is 6.07 Å². The maximum absolute atomic E-state index is 12.1. The Morgan fingerprint density at radius 2 is 1.89 bits per heavy atom. The molecule has 0 radical (unpaired) electrons. The van der Waals surface area contributed by atoms with Crippen LogP contribution in [0.25, 0.3) is 0 Å². The molecule has 0 unspecified atom stereocenters. The van der Waals surface area contributed by atoms with E-state index in [2.05, 4.69) is 5.32 Å². The fourth-order valence-electron chi connectivity index (χ4n) is 2.06. The van der Waals surface area contributed by atoms with Crippen molar-refractivity contribution in [3.63, 3.8) is 0 Å². The lowest BCUT2D eigenvalue weighted by molar-refractivity contribution is -0.384. The Morgan fingerprint density at radius 3 is 2.56 bits per heavy atom. The van der Waals surface area contributed by atoms with E-state index in [0.29, 0.717) is 10.8 Å². The molecule has 0 aromatic heterocycles. The summed E-state index contributed by atoms with van der Waals surface area (Å²) in [7, 11) is 0. The summed E-state index contributed by atoms with van der Waals surface area (Å²) in [4.78, 5) is 34.2. The van der Waals surface area contributed by atoms with Crippen molar-refractivity contribution in [3.05, 3.63) is 69.2 Å². The molecule has 0 aliphatic heterocycles. The van der Waals surface area contributed by atoms with Crippen molar-refractivity contribution in [3.8, 4) is 5.75 Å². The quantitative estimate of drug-likeness (QED) is 0.320. The normalized spacial score (nSPS) is 11.3. The second-order valence-electron chi connectivity index (χ2n) is 5.47. The average Bonchev–Trinajstić information content (AvgIpc) is 2.66. The number of hydrogen-bond donors (Lipinski definition) is 1. The van der Waals surface area contributed by atoms with Gasteiger partial charge >= 0.3 is 5.97 Å². The van der Waals surface area contributed by atoms with E-state index in [1.165, 1.54) is 25.1 Å². The lowest BCUT2D eigenvalue weighted by Gasteiger charge is -2.14. The monoisotopic (exact) mass is 392 g/mol. The lowest BCUT2D eigenvalue weighted by Crippen LogP contribution is -2.40. The van der Waals surface area contributed by atoms with Gasteiger partial charge in [-0.2, -0.15) is 0 Å². The van der Waals surface area contributed by atoms with Crippen molar-refractivity contribution in [1.82, 2.24) is 5.32 Å². The topological polar surface area (TPSA) is 108 Å². The van der Waals surface area contributed by atoms with Gasteiger partial charge in [-0.05, 0) is 37.3 Å². The minimum absolute atomic E-state index is 0.00151. The van der Waals surface area contributed by atoms with Crippen LogP contribution in [0.3, 0.4) is 0 Å². The predicted octanol–water partition coefficient (Wildman–Crippen LogP) is 2.99. The molecule has 8 nitrogen and oxygen atoms in total. The van der Waals surface area contributed by atoms with Gasteiger partial charge in [-0.3, -0.25) is 14.9 Å². The fraction of sp³-hybridized carbons (Fsp3) is 0.222. The molecule has 0 aliphatic carbocycles. The van der Waals surface area contributed by atoms with Crippen LogP contribution < -0.4 is 10.1 Å². The summed E-state index contributed by atoms with van der Waals surface area (Å²) in [5, 5.41) is 13.8. The summed E-state index contributed by atoms with van der Waals surface area (Å²) in [6, 6.07) is 11.0. The van der Waals surface area contributed by atoms with Gasteiger partial charge in [0.25, 0.3) is 11.6 Å². The van der Waals surface area contributed by atoms with Crippen LogP contribution in [-0.4, -0.2) is 36.1 Å². The molecule has 0 heterocycles. The van der Waals surface area contributed by atoms with Gasteiger partial charge in [0.15, 0.2) is 0 Å². The van der Waals surface area contributed by atoms with Crippen LogP contribution in [0.4, 0.5) is 5.69 Å². The number of carbonyl (C=O) groups is 2. The van der Waals surface area contributed by atoms with E-state index >= 15 is 0 Å². The third-order valence-corrected chi connectivity index (χ3v) is 3.68. The molecule has 0 spiro atoms. The summed E-state index contributed by atoms with van der Waals surface area (Å²) in [5.74, 6) is -0.670. The van der Waals surface area contributed by atoms with Crippen LogP contribution in [0, 0.1) is 10.1 Å². The molecule has 0 saturated carbocycles. The molecular weight excluding hydrogens is 376 g/mol. The molecule has 0 bridgehead atoms. The molecular formula is C18H17ClN2O6.